The lowest BCUT2D eigenvalue weighted by Crippen LogP contribution is -2.21. The lowest BCUT2D eigenvalue weighted by atomic mass is 10.3. The molecule has 0 atom stereocenters. The van der Waals surface area contributed by atoms with Gasteiger partial charge in [-0.2, -0.15) is 15.0 Å². The Morgan fingerprint density at radius 2 is 1.67 bits per heavy atom. The molecule has 6 heteroatoms. The predicted octanol–water partition coefficient (Wildman–Crippen LogP) is 1.36. The van der Waals surface area contributed by atoms with Crippen LogP contribution in [0.25, 0.3) is 0 Å². The van der Waals surface area contributed by atoms with Crippen LogP contribution in [0.4, 0.5) is 23.5 Å². The fraction of sp³-hybridized carbons (Fsp3) is 0.0833. The smallest absolute Gasteiger partial charge is 0.236 e. The summed E-state index contributed by atoms with van der Waals surface area (Å²) in [4.78, 5) is 13.8. The summed E-state index contributed by atoms with van der Waals surface area (Å²) in [7, 11) is 0. The number of hydrogen-bond donors (Lipinski definition) is 2. The van der Waals surface area contributed by atoms with E-state index in [0.29, 0.717) is 12.5 Å². The molecule has 18 heavy (non-hydrogen) atoms. The zero-order chi connectivity index (χ0) is 13.0. The maximum Gasteiger partial charge on any atom is 0.236 e. The third kappa shape index (κ3) is 2.54. The molecule has 0 aliphatic heterocycles. The number of rotatable bonds is 4. The van der Waals surface area contributed by atoms with Crippen LogP contribution in [0.5, 0.6) is 0 Å². The second-order valence-electron chi connectivity index (χ2n) is 3.59. The molecular formula is C12H14N6. The molecule has 0 unspecified atom stereocenters. The number of nitrogens with two attached hydrogens (primary N) is 2. The molecular weight excluding hydrogens is 228 g/mol. The third-order valence-electron chi connectivity index (χ3n) is 2.28. The van der Waals surface area contributed by atoms with Gasteiger partial charge in [0.15, 0.2) is 0 Å². The molecule has 2 rings (SSSR count). The van der Waals surface area contributed by atoms with Crippen molar-refractivity contribution >= 4 is 23.5 Å². The average molecular weight is 242 g/mol. The van der Waals surface area contributed by atoms with Gasteiger partial charge >= 0.3 is 0 Å². The van der Waals surface area contributed by atoms with Crippen molar-refractivity contribution in [2.75, 3.05) is 22.9 Å². The van der Waals surface area contributed by atoms with E-state index in [2.05, 4.69) is 21.5 Å². The zero-order valence-electron chi connectivity index (χ0n) is 9.82. The fourth-order valence-electron chi connectivity index (χ4n) is 1.56. The zero-order valence-corrected chi connectivity index (χ0v) is 9.82. The molecule has 6 nitrogen and oxygen atoms in total. The largest absolute Gasteiger partial charge is 0.368 e. The van der Waals surface area contributed by atoms with Gasteiger partial charge in [0.25, 0.3) is 0 Å². The summed E-state index contributed by atoms with van der Waals surface area (Å²) in [5.74, 6) is 0.607. The SMILES string of the molecule is C=CCN(c1ccccc1)c1nc(N)nc(N)n1. The molecule has 0 radical (unpaired) electrons. The lowest BCUT2D eigenvalue weighted by Gasteiger charge is -2.21. The Labute approximate surface area is 105 Å². The summed E-state index contributed by atoms with van der Waals surface area (Å²) < 4.78 is 0. The van der Waals surface area contributed by atoms with Gasteiger partial charge in [-0.15, -0.1) is 6.58 Å². The van der Waals surface area contributed by atoms with Crippen LogP contribution in [0.3, 0.4) is 0 Å². The normalized spacial score (nSPS) is 10.0. The molecule has 1 aromatic heterocycles. The Bertz CT molecular complexity index is 519. The number of aromatic nitrogens is 3. The summed E-state index contributed by atoms with van der Waals surface area (Å²) in [5, 5.41) is 0. The summed E-state index contributed by atoms with van der Waals surface area (Å²) in [6, 6.07) is 9.68. The molecule has 92 valence electrons. The van der Waals surface area contributed by atoms with Gasteiger partial charge in [0.2, 0.25) is 17.8 Å². The van der Waals surface area contributed by atoms with Crippen molar-refractivity contribution in [1.82, 2.24) is 15.0 Å². The van der Waals surface area contributed by atoms with Gasteiger partial charge in [0, 0.05) is 12.2 Å². The molecule has 0 saturated carbocycles. The van der Waals surface area contributed by atoms with E-state index < -0.39 is 0 Å². The maximum atomic E-state index is 5.58. The molecule has 4 N–H and O–H groups in total. The second kappa shape index (κ2) is 5.13. The van der Waals surface area contributed by atoms with E-state index in [4.69, 9.17) is 11.5 Å². The Morgan fingerprint density at radius 3 is 2.22 bits per heavy atom. The molecule has 0 spiro atoms. The minimum atomic E-state index is 0.0995. The lowest BCUT2D eigenvalue weighted by molar-refractivity contribution is 0.967. The number of hydrogen-bond acceptors (Lipinski definition) is 6. The first-order chi connectivity index (χ1) is 8.70. The number of anilines is 4. The number of nitrogens with zero attached hydrogens (tertiary/aromatic N) is 4. The third-order valence-corrected chi connectivity index (χ3v) is 2.28. The van der Waals surface area contributed by atoms with Gasteiger partial charge in [0.1, 0.15) is 0 Å². The number of benzene rings is 1. The van der Waals surface area contributed by atoms with Gasteiger partial charge in [0.05, 0.1) is 0 Å². The van der Waals surface area contributed by atoms with Crippen molar-refractivity contribution in [2.24, 2.45) is 0 Å². The van der Waals surface area contributed by atoms with E-state index in [-0.39, 0.29) is 11.9 Å². The van der Waals surface area contributed by atoms with Crippen molar-refractivity contribution in [3.05, 3.63) is 43.0 Å². The van der Waals surface area contributed by atoms with E-state index in [1.807, 2.05) is 35.2 Å². The summed E-state index contributed by atoms with van der Waals surface area (Å²) in [6.45, 7) is 4.27. The molecule has 0 fully saturated rings. The summed E-state index contributed by atoms with van der Waals surface area (Å²) >= 11 is 0. The van der Waals surface area contributed by atoms with Crippen molar-refractivity contribution in [1.29, 1.82) is 0 Å². The molecule has 0 aliphatic rings. The number of para-hydroxylation sites is 1. The standard InChI is InChI=1S/C12H14N6/c1-2-8-18(9-6-4-3-5-7-9)12-16-10(13)15-11(14)17-12/h2-7H,1,8H2,(H4,13,14,15,16,17). The Morgan fingerprint density at radius 1 is 1.06 bits per heavy atom. The minimum Gasteiger partial charge on any atom is -0.368 e. The fourth-order valence-corrected chi connectivity index (χ4v) is 1.56. The molecule has 0 saturated heterocycles. The first-order valence-electron chi connectivity index (χ1n) is 5.41. The first-order valence-corrected chi connectivity index (χ1v) is 5.41. The van der Waals surface area contributed by atoms with Crippen LogP contribution in [0.1, 0.15) is 0 Å². The van der Waals surface area contributed by atoms with Crippen molar-refractivity contribution in [3.63, 3.8) is 0 Å². The highest BCUT2D eigenvalue weighted by Crippen LogP contribution is 2.22. The van der Waals surface area contributed by atoms with E-state index >= 15 is 0 Å². The van der Waals surface area contributed by atoms with Crippen LogP contribution in [0.2, 0.25) is 0 Å². The topological polar surface area (TPSA) is 94.0 Å². The quantitative estimate of drug-likeness (QED) is 0.786. The highest BCUT2D eigenvalue weighted by Gasteiger charge is 2.12. The van der Waals surface area contributed by atoms with E-state index in [1.54, 1.807) is 6.08 Å². The maximum absolute atomic E-state index is 5.58. The van der Waals surface area contributed by atoms with Crippen LogP contribution in [-0.2, 0) is 0 Å². The summed E-state index contributed by atoms with van der Waals surface area (Å²) in [5.41, 5.74) is 12.1. The van der Waals surface area contributed by atoms with Crippen LogP contribution >= 0.6 is 0 Å². The molecule has 2 aromatic rings. The van der Waals surface area contributed by atoms with Gasteiger partial charge < -0.3 is 16.4 Å². The second-order valence-corrected chi connectivity index (χ2v) is 3.59. The van der Waals surface area contributed by atoms with Crippen LogP contribution in [0, 0.1) is 0 Å². The van der Waals surface area contributed by atoms with Gasteiger partial charge in [-0.1, -0.05) is 24.3 Å². The van der Waals surface area contributed by atoms with Crippen molar-refractivity contribution in [3.8, 4) is 0 Å². The van der Waals surface area contributed by atoms with Gasteiger partial charge in [-0.05, 0) is 12.1 Å². The first kappa shape index (κ1) is 11.8. The van der Waals surface area contributed by atoms with Gasteiger partial charge in [-0.25, -0.2) is 0 Å². The molecule has 1 heterocycles. The molecule has 0 aliphatic carbocycles. The van der Waals surface area contributed by atoms with Crippen LogP contribution in [-0.4, -0.2) is 21.5 Å². The molecule has 1 aromatic carbocycles. The van der Waals surface area contributed by atoms with Crippen LogP contribution in [0.15, 0.2) is 43.0 Å². The van der Waals surface area contributed by atoms with Crippen LogP contribution < -0.4 is 16.4 Å². The monoisotopic (exact) mass is 242 g/mol. The highest BCUT2D eigenvalue weighted by atomic mass is 15.3. The van der Waals surface area contributed by atoms with E-state index in [0.717, 1.165) is 5.69 Å². The van der Waals surface area contributed by atoms with E-state index in [1.165, 1.54) is 0 Å². The average Bonchev–Trinajstić information content (AvgIpc) is 2.36. The molecule has 0 amide bonds. The Balaban J connectivity index is 2.44. The Kier molecular flexibility index (Phi) is 3.38. The van der Waals surface area contributed by atoms with E-state index in [9.17, 15) is 0 Å². The van der Waals surface area contributed by atoms with Gasteiger partial charge in [-0.3, -0.25) is 0 Å². The minimum absolute atomic E-state index is 0.0995. The predicted molar refractivity (Wildman–Crippen MR) is 72.3 cm³/mol. The van der Waals surface area contributed by atoms with Crippen molar-refractivity contribution in [2.45, 2.75) is 0 Å². The summed E-state index contributed by atoms with van der Waals surface area (Å²) in [6.07, 6.45) is 1.75. The Hall–Kier alpha value is -2.63. The van der Waals surface area contributed by atoms with Crippen molar-refractivity contribution < 1.29 is 0 Å². The highest BCUT2D eigenvalue weighted by molar-refractivity contribution is 5.58. The number of nitrogen functional groups attached to an aromatic ring is 2. The molecule has 0 bridgehead atoms.